The first kappa shape index (κ1) is 22.1. The molecule has 0 atom stereocenters. The first-order valence-electron chi connectivity index (χ1n) is 11.1. The highest BCUT2D eigenvalue weighted by molar-refractivity contribution is 7.17. The minimum Gasteiger partial charge on any atom is -0.494 e. The van der Waals surface area contributed by atoms with Crippen LogP contribution in [-0.4, -0.2) is 13.2 Å². The quantitative estimate of drug-likeness (QED) is 0.268. The highest BCUT2D eigenvalue weighted by Gasteiger charge is 2.07. The number of fused-ring (bicyclic) bond motifs is 1. The maximum Gasteiger partial charge on any atom is 0.137 e. The molecule has 1 aromatic carbocycles. The molecule has 0 saturated carbocycles. The van der Waals surface area contributed by atoms with Crippen LogP contribution in [0.1, 0.15) is 90.9 Å². The van der Waals surface area contributed by atoms with E-state index in [1.807, 2.05) is 0 Å². The summed E-state index contributed by atoms with van der Waals surface area (Å²) in [5.41, 5.74) is 0. The molecule has 1 aromatic heterocycles. The Kier molecular flexibility index (Phi) is 11.3. The van der Waals surface area contributed by atoms with E-state index in [2.05, 4.69) is 37.4 Å². The van der Waals surface area contributed by atoms with Crippen molar-refractivity contribution in [1.29, 1.82) is 0 Å². The van der Waals surface area contributed by atoms with Crippen molar-refractivity contribution < 1.29 is 9.47 Å². The van der Waals surface area contributed by atoms with Crippen LogP contribution in [0, 0.1) is 0 Å². The molecule has 2 rings (SSSR count). The van der Waals surface area contributed by atoms with Gasteiger partial charge in [0, 0.05) is 15.5 Å². The summed E-state index contributed by atoms with van der Waals surface area (Å²) in [5.74, 6) is 1.99. The van der Waals surface area contributed by atoms with Gasteiger partial charge in [0.2, 0.25) is 0 Å². The molecule has 0 bridgehead atoms. The highest BCUT2D eigenvalue weighted by Crippen LogP contribution is 2.35. The summed E-state index contributed by atoms with van der Waals surface area (Å²) < 4.78 is 13.3. The Labute approximate surface area is 170 Å². The van der Waals surface area contributed by atoms with Gasteiger partial charge in [0.05, 0.1) is 13.2 Å². The van der Waals surface area contributed by atoms with Gasteiger partial charge in [-0.2, -0.15) is 0 Å². The van der Waals surface area contributed by atoms with Crippen LogP contribution in [0.15, 0.2) is 23.6 Å². The Morgan fingerprint density at radius 1 is 0.704 bits per heavy atom. The van der Waals surface area contributed by atoms with Crippen molar-refractivity contribution in [3.63, 3.8) is 0 Å². The molecule has 0 aliphatic rings. The third kappa shape index (κ3) is 8.55. The van der Waals surface area contributed by atoms with Crippen LogP contribution < -0.4 is 9.47 Å². The minimum absolute atomic E-state index is 0.815. The van der Waals surface area contributed by atoms with E-state index in [1.54, 1.807) is 11.3 Å². The fourth-order valence-electron chi connectivity index (χ4n) is 3.32. The largest absolute Gasteiger partial charge is 0.494 e. The summed E-state index contributed by atoms with van der Waals surface area (Å²) in [6.07, 6.45) is 15.5. The van der Waals surface area contributed by atoms with Crippen LogP contribution in [0.5, 0.6) is 11.5 Å². The Balaban J connectivity index is 1.71. The normalized spacial score (nSPS) is 11.2. The van der Waals surface area contributed by atoms with Crippen LogP contribution >= 0.6 is 11.3 Å². The van der Waals surface area contributed by atoms with Gasteiger partial charge in [0.1, 0.15) is 11.5 Å². The van der Waals surface area contributed by atoms with Gasteiger partial charge in [0.15, 0.2) is 0 Å². The van der Waals surface area contributed by atoms with Gasteiger partial charge in [-0.3, -0.25) is 0 Å². The van der Waals surface area contributed by atoms with Gasteiger partial charge < -0.3 is 9.47 Å². The average molecular weight is 391 g/mol. The summed E-state index contributed by atoms with van der Waals surface area (Å²) >= 11 is 1.76. The maximum atomic E-state index is 6.06. The highest BCUT2D eigenvalue weighted by atomic mass is 32.1. The molecule has 3 heteroatoms. The summed E-state index contributed by atoms with van der Waals surface area (Å²) in [4.78, 5) is 0. The van der Waals surface area contributed by atoms with Crippen LogP contribution in [0.2, 0.25) is 0 Å². The monoisotopic (exact) mass is 390 g/mol. The number of hydrogen-bond donors (Lipinski definition) is 0. The molecule has 1 heterocycles. The lowest BCUT2D eigenvalue weighted by molar-refractivity contribution is 0.303. The summed E-state index contributed by atoms with van der Waals surface area (Å²) in [5, 5.41) is 3.34. The van der Waals surface area contributed by atoms with E-state index in [1.165, 1.54) is 74.3 Å². The van der Waals surface area contributed by atoms with E-state index in [-0.39, 0.29) is 0 Å². The topological polar surface area (TPSA) is 18.5 Å². The molecular weight excluding hydrogens is 352 g/mol. The molecule has 2 aromatic rings. The maximum absolute atomic E-state index is 6.06. The van der Waals surface area contributed by atoms with Crippen molar-refractivity contribution >= 4 is 21.4 Å². The van der Waals surface area contributed by atoms with Crippen molar-refractivity contribution in [2.24, 2.45) is 0 Å². The third-order valence-electron chi connectivity index (χ3n) is 5.03. The van der Waals surface area contributed by atoms with Gasteiger partial charge in [-0.25, -0.2) is 0 Å². The smallest absolute Gasteiger partial charge is 0.137 e. The van der Waals surface area contributed by atoms with Crippen molar-refractivity contribution in [3.8, 4) is 11.5 Å². The van der Waals surface area contributed by atoms with Crippen molar-refractivity contribution in [2.45, 2.75) is 90.9 Å². The van der Waals surface area contributed by atoms with Gasteiger partial charge in [0.25, 0.3) is 0 Å². The first-order chi connectivity index (χ1) is 13.3. The molecule has 0 fully saturated rings. The number of thiophene rings is 1. The van der Waals surface area contributed by atoms with Gasteiger partial charge in [-0.1, -0.05) is 78.1 Å². The Bertz CT molecular complexity index is 620. The molecule has 2 nitrogen and oxygen atoms in total. The Morgan fingerprint density at radius 2 is 1.30 bits per heavy atom. The fraction of sp³-hybridized carbons (Fsp3) is 0.667. The second-order valence-corrected chi connectivity index (χ2v) is 8.40. The lowest BCUT2D eigenvalue weighted by Crippen LogP contribution is -1.98. The Hall–Kier alpha value is -1.22. The van der Waals surface area contributed by atoms with E-state index in [0.29, 0.717) is 0 Å². The molecule has 152 valence electrons. The summed E-state index contributed by atoms with van der Waals surface area (Å²) in [6, 6.07) is 6.40. The number of ether oxygens (including phenoxy) is 2. The van der Waals surface area contributed by atoms with Gasteiger partial charge >= 0.3 is 0 Å². The molecule has 0 spiro atoms. The zero-order chi connectivity index (χ0) is 19.2. The fourth-order valence-corrected chi connectivity index (χ4v) is 4.19. The third-order valence-corrected chi connectivity index (χ3v) is 5.97. The number of hydrogen-bond acceptors (Lipinski definition) is 3. The van der Waals surface area contributed by atoms with E-state index < -0.39 is 0 Å². The van der Waals surface area contributed by atoms with Crippen molar-refractivity contribution in [2.75, 3.05) is 13.2 Å². The summed E-state index contributed by atoms with van der Waals surface area (Å²) in [6.45, 7) is 6.15. The van der Waals surface area contributed by atoms with Crippen LogP contribution in [0.25, 0.3) is 10.1 Å². The molecule has 0 aliphatic heterocycles. The molecule has 27 heavy (non-hydrogen) atoms. The van der Waals surface area contributed by atoms with Gasteiger partial charge in [-0.05, 0) is 31.0 Å². The lowest BCUT2D eigenvalue weighted by Gasteiger charge is -2.08. The minimum atomic E-state index is 0.815. The van der Waals surface area contributed by atoms with Crippen LogP contribution in [-0.2, 0) is 0 Å². The molecule has 0 radical (unpaired) electrons. The first-order valence-corrected chi connectivity index (χ1v) is 12.0. The van der Waals surface area contributed by atoms with E-state index >= 15 is 0 Å². The SMILES string of the molecule is CCCCCCCCOc1ccc2scc(OCCCCCCCC)c2c1. The molecule has 0 aliphatic carbocycles. The zero-order valence-electron chi connectivity index (χ0n) is 17.4. The second-order valence-electron chi connectivity index (χ2n) is 7.49. The molecular formula is C24H38O2S. The standard InChI is InChI=1S/C24H38O2S/c1-3-5-7-9-11-13-17-25-21-15-16-24-22(19-21)23(20-27-24)26-18-14-12-10-8-6-4-2/h15-16,19-20H,3-14,17-18H2,1-2H3. The second kappa shape index (κ2) is 13.9. The molecule has 0 amide bonds. The average Bonchev–Trinajstić information content (AvgIpc) is 3.09. The predicted molar refractivity (Wildman–Crippen MR) is 120 cm³/mol. The number of rotatable bonds is 16. The lowest BCUT2D eigenvalue weighted by atomic mass is 10.1. The summed E-state index contributed by atoms with van der Waals surface area (Å²) in [7, 11) is 0. The number of benzene rings is 1. The van der Waals surface area contributed by atoms with E-state index in [0.717, 1.165) is 37.6 Å². The predicted octanol–water partition coefficient (Wildman–Crippen LogP) is 8.38. The van der Waals surface area contributed by atoms with Crippen molar-refractivity contribution in [3.05, 3.63) is 23.6 Å². The molecule has 0 unspecified atom stereocenters. The van der Waals surface area contributed by atoms with Crippen LogP contribution in [0.4, 0.5) is 0 Å². The number of unbranched alkanes of at least 4 members (excludes halogenated alkanes) is 10. The van der Waals surface area contributed by atoms with E-state index in [4.69, 9.17) is 9.47 Å². The van der Waals surface area contributed by atoms with E-state index in [9.17, 15) is 0 Å². The zero-order valence-corrected chi connectivity index (χ0v) is 18.3. The van der Waals surface area contributed by atoms with Crippen molar-refractivity contribution in [1.82, 2.24) is 0 Å². The Morgan fingerprint density at radius 3 is 1.96 bits per heavy atom. The molecule has 0 saturated heterocycles. The van der Waals surface area contributed by atoms with Gasteiger partial charge in [-0.15, -0.1) is 11.3 Å². The van der Waals surface area contributed by atoms with Crippen LogP contribution in [0.3, 0.4) is 0 Å². The molecule has 0 N–H and O–H groups in total.